The number of aromatic hydroxyl groups is 1. The molecule has 0 fully saturated rings. The number of benzene rings is 2. The second-order valence-corrected chi connectivity index (χ2v) is 9.85. The van der Waals surface area contributed by atoms with Gasteiger partial charge in [0.05, 0.1) is 20.3 Å². The predicted octanol–water partition coefficient (Wildman–Crippen LogP) is 7.73. The third-order valence-corrected chi connectivity index (χ3v) is 6.34. The third-order valence-electron chi connectivity index (χ3n) is 5.87. The molecule has 0 spiro atoms. The standard InChI is InChI=1S/C16H17ClO4.C15H15ClO4/c1-4-20-16(18)15-10(2)7-13(21-15)9-11-8-12(17)5-6-14(11)19-3;1-3-19-15(18)14-9(2)6-12(20-14)8-10-7-11(16)4-5-13(10)17/h5-8H,4,9H2,1-3H3;4-7,17H,3,8H2,1-2H3. The summed E-state index contributed by atoms with van der Waals surface area (Å²) in [5.41, 5.74) is 3.00. The number of phenolic OH excluding ortho intramolecular Hbond substituents is 1. The number of methoxy groups -OCH3 is 1. The van der Waals surface area contributed by atoms with E-state index in [0.717, 1.165) is 16.9 Å². The number of hydrogen-bond acceptors (Lipinski definition) is 8. The highest BCUT2D eigenvalue weighted by molar-refractivity contribution is 6.31. The molecule has 2 heterocycles. The lowest BCUT2D eigenvalue weighted by atomic mass is 10.1. The number of carbonyl (C=O) groups excluding carboxylic acids is 2. The normalized spacial score (nSPS) is 10.5. The molecule has 41 heavy (non-hydrogen) atoms. The Labute approximate surface area is 248 Å². The van der Waals surface area contributed by atoms with E-state index in [-0.39, 0.29) is 17.3 Å². The Morgan fingerprint density at radius 2 is 1.22 bits per heavy atom. The van der Waals surface area contributed by atoms with Crippen LogP contribution in [0.1, 0.15) is 68.7 Å². The van der Waals surface area contributed by atoms with Crippen LogP contribution < -0.4 is 4.74 Å². The number of ether oxygens (including phenoxy) is 3. The molecule has 10 heteroatoms. The molecule has 0 aliphatic rings. The maximum absolute atomic E-state index is 11.7. The van der Waals surface area contributed by atoms with Crippen molar-refractivity contribution < 1.29 is 37.7 Å². The minimum Gasteiger partial charge on any atom is -0.508 e. The van der Waals surface area contributed by atoms with Gasteiger partial charge in [0, 0.05) is 45.1 Å². The van der Waals surface area contributed by atoms with Crippen molar-refractivity contribution >= 4 is 35.1 Å². The molecule has 0 atom stereocenters. The van der Waals surface area contributed by atoms with Gasteiger partial charge in [0.2, 0.25) is 11.5 Å². The molecule has 4 aromatic rings. The summed E-state index contributed by atoms with van der Waals surface area (Å²) in [6.07, 6.45) is 0.844. The first kappa shape index (κ1) is 31.6. The summed E-state index contributed by atoms with van der Waals surface area (Å²) < 4.78 is 26.3. The van der Waals surface area contributed by atoms with E-state index < -0.39 is 11.9 Å². The van der Waals surface area contributed by atoms with Crippen molar-refractivity contribution in [1.82, 2.24) is 0 Å². The Balaban J connectivity index is 0.000000226. The predicted molar refractivity (Wildman–Crippen MR) is 156 cm³/mol. The first-order valence-electron chi connectivity index (χ1n) is 12.9. The molecule has 218 valence electrons. The summed E-state index contributed by atoms with van der Waals surface area (Å²) >= 11 is 11.9. The Morgan fingerprint density at radius 3 is 1.71 bits per heavy atom. The van der Waals surface area contributed by atoms with E-state index >= 15 is 0 Å². The number of rotatable bonds is 9. The van der Waals surface area contributed by atoms with Gasteiger partial charge in [-0.25, -0.2) is 9.59 Å². The molecule has 0 saturated heterocycles. The van der Waals surface area contributed by atoms with Gasteiger partial charge in [0.15, 0.2) is 0 Å². The van der Waals surface area contributed by atoms with Gasteiger partial charge >= 0.3 is 11.9 Å². The average molecular weight is 603 g/mol. The van der Waals surface area contributed by atoms with Crippen LogP contribution in [0.15, 0.2) is 57.4 Å². The Hall–Kier alpha value is -3.88. The summed E-state index contributed by atoms with van der Waals surface area (Å²) in [7, 11) is 1.60. The van der Waals surface area contributed by atoms with Gasteiger partial charge in [0.1, 0.15) is 23.0 Å². The molecule has 0 unspecified atom stereocenters. The molecular weight excluding hydrogens is 571 g/mol. The monoisotopic (exact) mass is 602 g/mol. The number of phenols is 1. The van der Waals surface area contributed by atoms with Crippen molar-refractivity contribution in [3.05, 3.63) is 104 Å². The Kier molecular flexibility index (Phi) is 11.3. The fraction of sp³-hybridized carbons (Fsp3) is 0.290. The van der Waals surface area contributed by atoms with E-state index in [1.807, 2.05) is 19.1 Å². The number of halogens is 2. The molecule has 0 radical (unpaired) electrons. The molecule has 0 aliphatic carbocycles. The van der Waals surface area contributed by atoms with Crippen molar-refractivity contribution in [3.63, 3.8) is 0 Å². The Morgan fingerprint density at radius 1 is 0.756 bits per heavy atom. The van der Waals surface area contributed by atoms with Crippen LogP contribution >= 0.6 is 23.2 Å². The molecule has 2 aromatic heterocycles. The first-order valence-corrected chi connectivity index (χ1v) is 13.6. The smallest absolute Gasteiger partial charge is 0.374 e. The van der Waals surface area contributed by atoms with Crippen molar-refractivity contribution in [3.8, 4) is 11.5 Å². The van der Waals surface area contributed by atoms with Gasteiger partial charge in [-0.15, -0.1) is 0 Å². The molecule has 2 aromatic carbocycles. The summed E-state index contributed by atoms with van der Waals surface area (Å²) in [6, 6.07) is 13.8. The number of hydrogen-bond donors (Lipinski definition) is 1. The summed E-state index contributed by atoms with van der Waals surface area (Å²) in [6.45, 7) is 7.69. The zero-order valence-electron chi connectivity index (χ0n) is 23.5. The third kappa shape index (κ3) is 8.55. The molecule has 4 rings (SSSR count). The van der Waals surface area contributed by atoms with Gasteiger partial charge in [-0.2, -0.15) is 0 Å². The van der Waals surface area contributed by atoms with E-state index in [1.54, 1.807) is 58.2 Å². The molecule has 8 nitrogen and oxygen atoms in total. The van der Waals surface area contributed by atoms with Crippen LogP contribution in [-0.2, 0) is 22.3 Å². The van der Waals surface area contributed by atoms with E-state index in [0.29, 0.717) is 58.7 Å². The zero-order chi connectivity index (χ0) is 30.1. The van der Waals surface area contributed by atoms with Gasteiger partial charge in [-0.1, -0.05) is 23.2 Å². The van der Waals surface area contributed by atoms with Crippen molar-refractivity contribution in [1.29, 1.82) is 0 Å². The zero-order valence-corrected chi connectivity index (χ0v) is 25.0. The lowest BCUT2D eigenvalue weighted by Gasteiger charge is -2.07. The molecular formula is C31H32Cl2O8. The van der Waals surface area contributed by atoms with E-state index in [9.17, 15) is 14.7 Å². The molecule has 0 saturated carbocycles. The van der Waals surface area contributed by atoms with E-state index in [2.05, 4.69) is 0 Å². The van der Waals surface area contributed by atoms with Crippen molar-refractivity contribution in [2.75, 3.05) is 20.3 Å². The SMILES string of the molecule is CCOC(=O)c1oc(Cc2cc(Cl)ccc2O)cc1C.CCOC(=O)c1oc(Cc2cc(Cl)ccc2OC)cc1C. The lowest BCUT2D eigenvalue weighted by Crippen LogP contribution is -2.04. The molecule has 0 aliphatic heterocycles. The number of furan rings is 2. The fourth-order valence-corrected chi connectivity index (χ4v) is 4.41. The largest absolute Gasteiger partial charge is 0.508 e. The average Bonchev–Trinajstić information content (AvgIpc) is 3.48. The number of aryl methyl sites for hydroxylation is 2. The number of esters is 2. The lowest BCUT2D eigenvalue weighted by molar-refractivity contribution is 0.0478. The Bertz CT molecular complexity index is 1500. The van der Waals surface area contributed by atoms with Crippen molar-refractivity contribution in [2.45, 2.75) is 40.5 Å². The molecule has 0 bridgehead atoms. The summed E-state index contributed by atoms with van der Waals surface area (Å²) in [4.78, 5) is 23.4. The fourth-order valence-electron chi connectivity index (χ4n) is 4.03. The van der Waals surface area contributed by atoms with Crippen LogP contribution in [0.3, 0.4) is 0 Å². The molecule has 1 N–H and O–H groups in total. The van der Waals surface area contributed by atoms with Crippen LogP contribution in [0.2, 0.25) is 10.0 Å². The quantitative estimate of drug-likeness (QED) is 0.194. The minimum atomic E-state index is -0.480. The maximum Gasteiger partial charge on any atom is 0.374 e. The second-order valence-electron chi connectivity index (χ2n) is 8.97. The first-order chi connectivity index (χ1) is 19.6. The highest BCUT2D eigenvalue weighted by Crippen LogP contribution is 2.28. The summed E-state index contributed by atoms with van der Waals surface area (Å²) in [5.74, 6) is 1.62. The molecule has 0 amide bonds. The van der Waals surface area contributed by atoms with Gasteiger partial charge in [0.25, 0.3) is 0 Å². The van der Waals surface area contributed by atoms with Crippen LogP contribution in [0.4, 0.5) is 0 Å². The summed E-state index contributed by atoms with van der Waals surface area (Å²) in [5, 5.41) is 10.9. The highest BCUT2D eigenvalue weighted by atomic mass is 35.5. The van der Waals surface area contributed by atoms with Crippen molar-refractivity contribution in [2.24, 2.45) is 0 Å². The van der Waals surface area contributed by atoms with E-state index in [4.69, 9.17) is 46.2 Å². The second kappa shape index (κ2) is 14.7. The van der Waals surface area contributed by atoms with Crippen LogP contribution in [0.25, 0.3) is 0 Å². The van der Waals surface area contributed by atoms with Crippen LogP contribution in [0, 0.1) is 13.8 Å². The highest BCUT2D eigenvalue weighted by Gasteiger charge is 2.19. The minimum absolute atomic E-state index is 0.140. The maximum atomic E-state index is 11.7. The van der Waals surface area contributed by atoms with Gasteiger partial charge in [-0.05, 0) is 76.2 Å². The van der Waals surface area contributed by atoms with Gasteiger partial charge < -0.3 is 28.2 Å². The van der Waals surface area contributed by atoms with E-state index in [1.165, 1.54) is 6.07 Å². The van der Waals surface area contributed by atoms with Crippen LogP contribution in [-0.4, -0.2) is 37.4 Å². The van der Waals surface area contributed by atoms with Gasteiger partial charge in [-0.3, -0.25) is 0 Å². The topological polar surface area (TPSA) is 108 Å². The van der Waals surface area contributed by atoms with Crippen LogP contribution in [0.5, 0.6) is 11.5 Å². The number of carbonyl (C=O) groups is 2.